The van der Waals surface area contributed by atoms with E-state index in [1.165, 1.54) is 4.90 Å². The Morgan fingerprint density at radius 2 is 1.94 bits per heavy atom. The van der Waals surface area contributed by atoms with Gasteiger partial charge in [-0.25, -0.2) is 0 Å². The molecule has 3 heterocycles. The lowest BCUT2D eigenvalue weighted by Crippen LogP contribution is -2.57. The number of ether oxygens (including phenoxy) is 1. The number of nitrogens with one attached hydrogen (secondary N) is 2. The molecule has 0 aromatic heterocycles. The fourth-order valence-corrected chi connectivity index (χ4v) is 4.94. The van der Waals surface area contributed by atoms with Crippen LogP contribution in [0.1, 0.15) is 26.3 Å². The van der Waals surface area contributed by atoms with E-state index in [1.807, 2.05) is 57.2 Å². The average molecular weight is 424 g/mol. The van der Waals surface area contributed by atoms with Crippen LogP contribution in [0.25, 0.3) is 0 Å². The van der Waals surface area contributed by atoms with Gasteiger partial charge in [-0.2, -0.15) is 0 Å². The van der Waals surface area contributed by atoms with Crippen LogP contribution >= 0.6 is 0 Å². The van der Waals surface area contributed by atoms with E-state index in [-0.39, 0.29) is 24.3 Å². The van der Waals surface area contributed by atoms with Gasteiger partial charge in [-0.15, -0.1) is 6.58 Å². The summed E-state index contributed by atoms with van der Waals surface area (Å²) in [5.74, 6) is -2.20. The van der Waals surface area contributed by atoms with E-state index in [0.717, 1.165) is 5.56 Å². The van der Waals surface area contributed by atoms with Crippen LogP contribution in [0.4, 0.5) is 0 Å². The highest BCUT2D eigenvalue weighted by atomic mass is 16.5. The summed E-state index contributed by atoms with van der Waals surface area (Å²) < 4.78 is 6.24. The van der Waals surface area contributed by atoms with Crippen molar-refractivity contribution < 1.29 is 19.1 Å². The standard InChI is InChI=1S/C24H29N3O4/c1-5-13-27-19(21(29)26-23(2,3)4)24-12-11-16(31-24)17(18(24)22(27)30)20(28)25-14-15-9-7-6-8-10-15/h5-12,16-19H,1,13-14H2,2-4H3,(H,25,28)(H,26,29)/t16-,17+,18+,19-,24+/m0/s1. The monoisotopic (exact) mass is 423 g/mol. The lowest BCUT2D eigenvalue weighted by atomic mass is 9.74. The molecular weight excluding hydrogens is 394 g/mol. The maximum absolute atomic E-state index is 13.4. The third-order valence-corrected chi connectivity index (χ3v) is 6.06. The molecule has 0 aliphatic carbocycles. The van der Waals surface area contributed by atoms with Crippen molar-refractivity contribution in [2.75, 3.05) is 6.54 Å². The number of carbonyl (C=O) groups is 3. The van der Waals surface area contributed by atoms with Crippen molar-refractivity contribution in [3.05, 3.63) is 60.7 Å². The first-order chi connectivity index (χ1) is 14.7. The number of fused-ring (bicyclic) bond motifs is 1. The Morgan fingerprint density at radius 3 is 2.58 bits per heavy atom. The predicted octanol–water partition coefficient (Wildman–Crippen LogP) is 1.55. The molecule has 3 aliphatic heterocycles. The summed E-state index contributed by atoms with van der Waals surface area (Å²) in [5.41, 5.74) is -0.644. The number of nitrogens with zero attached hydrogens (tertiary/aromatic N) is 1. The number of likely N-dealkylation sites (tertiary alicyclic amines) is 1. The van der Waals surface area contributed by atoms with Crippen LogP contribution in [0.2, 0.25) is 0 Å². The summed E-state index contributed by atoms with van der Waals surface area (Å²) >= 11 is 0. The molecule has 164 valence electrons. The van der Waals surface area contributed by atoms with E-state index in [4.69, 9.17) is 4.74 Å². The molecule has 31 heavy (non-hydrogen) atoms. The summed E-state index contributed by atoms with van der Waals surface area (Å²) in [6.07, 6.45) is 4.68. The van der Waals surface area contributed by atoms with Crippen molar-refractivity contribution in [2.45, 2.75) is 50.6 Å². The second-order valence-corrected chi connectivity index (χ2v) is 9.42. The van der Waals surface area contributed by atoms with Crippen molar-refractivity contribution in [3.63, 3.8) is 0 Å². The Morgan fingerprint density at radius 1 is 1.23 bits per heavy atom. The second kappa shape index (κ2) is 7.64. The predicted molar refractivity (Wildman–Crippen MR) is 116 cm³/mol. The number of benzene rings is 1. The van der Waals surface area contributed by atoms with Crippen molar-refractivity contribution in [1.29, 1.82) is 0 Å². The van der Waals surface area contributed by atoms with E-state index in [1.54, 1.807) is 12.2 Å². The lowest BCUT2D eigenvalue weighted by Gasteiger charge is -2.34. The van der Waals surface area contributed by atoms with Crippen molar-refractivity contribution in [3.8, 4) is 0 Å². The highest BCUT2D eigenvalue weighted by Gasteiger charge is 2.72. The van der Waals surface area contributed by atoms with E-state index in [9.17, 15) is 14.4 Å². The molecule has 7 heteroatoms. The van der Waals surface area contributed by atoms with Gasteiger partial charge in [0.25, 0.3) is 0 Å². The van der Waals surface area contributed by atoms with Crippen LogP contribution < -0.4 is 10.6 Å². The van der Waals surface area contributed by atoms with Gasteiger partial charge in [0.15, 0.2) is 0 Å². The second-order valence-electron chi connectivity index (χ2n) is 9.42. The summed E-state index contributed by atoms with van der Waals surface area (Å²) in [6.45, 7) is 9.97. The zero-order valence-electron chi connectivity index (χ0n) is 18.1. The van der Waals surface area contributed by atoms with E-state index in [2.05, 4.69) is 17.2 Å². The smallest absolute Gasteiger partial charge is 0.246 e. The quantitative estimate of drug-likeness (QED) is 0.680. The highest BCUT2D eigenvalue weighted by Crippen LogP contribution is 2.55. The maximum Gasteiger partial charge on any atom is 0.246 e. The third-order valence-electron chi connectivity index (χ3n) is 6.06. The SMILES string of the molecule is C=CCN1C(=O)[C@H]2[C@H](C(=O)NCc3ccccc3)[C@@H]3C=C[C@]2(O3)[C@@H]1C(=O)NC(C)(C)C. The molecule has 1 spiro atoms. The van der Waals surface area contributed by atoms with Crippen LogP contribution in [0, 0.1) is 11.8 Å². The van der Waals surface area contributed by atoms with Gasteiger partial charge >= 0.3 is 0 Å². The minimum atomic E-state index is -1.14. The van der Waals surface area contributed by atoms with Gasteiger partial charge in [0, 0.05) is 18.6 Å². The molecule has 2 saturated heterocycles. The van der Waals surface area contributed by atoms with E-state index >= 15 is 0 Å². The number of hydrogen-bond donors (Lipinski definition) is 2. The molecule has 3 aliphatic rings. The molecule has 1 aromatic rings. The minimum Gasteiger partial charge on any atom is -0.359 e. The topological polar surface area (TPSA) is 87.7 Å². The highest BCUT2D eigenvalue weighted by molar-refractivity contribution is 6.00. The fraction of sp³-hybridized carbons (Fsp3) is 0.458. The zero-order valence-corrected chi connectivity index (χ0v) is 18.1. The van der Waals surface area contributed by atoms with Gasteiger partial charge in [-0.3, -0.25) is 14.4 Å². The first kappa shape index (κ1) is 21.3. The van der Waals surface area contributed by atoms with Crippen LogP contribution in [-0.2, 0) is 25.7 Å². The Balaban J connectivity index is 1.61. The molecule has 2 fully saturated rings. The number of amides is 3. The van der Waals surface area contributed by atoms with Crippen LogP contribution in [-0.4, -0.2) is 52.5 Å². The average Bonchev–Trinajstić information content (AvgIpc) is 3.34. The molecule has 1 aromatic carbocycles. The van der Waals surface area contributed by atoms with Crippen LogP contribution in [0.3, 0.4) is 0 Å². The maximum atomic E-state index is 13.4. The fourth-order valence-electron chi connectivity index (χ4n) is 4.94. The Labute approximate surface area is 182 Å². The first-order valence-electron chi connectivity index (χ1n) is 10.6. The first-order valence-corrected chi connectivity index (χ1v) is 10.6. The molecule has 0 unspecified atom stereocenters. The summed E-state index contributed by atoms with van der Waals surface area (Å²) in [7, 11) is 0. The molecule has 5 atom stereocenters. The van der Waals surface area contributed by atoms with Gasteiger partial charge in [-0.1, -0.05) is 48.6 Å². The Kier molecular flexibility index (Phi) is 5.25. The molecule has 2 N–H and O–H groups in total. The van der Waals surface area contributed by atoms with Crippen molar-refractivity contribution >= 4 is 17.7 Å². The van der Waals surface area contributed by atoms with Crippen LogP contribution in [0.5, 0.6) is 0 Å². The van der Waals surface area contributed by atoms with Gasteiger partial charge in [-0.05, 0) is 26.3 Å². The third kappa shape index (κ3) is 3.57. The molecule has 3 amide bonds. The number of hydrogen-bond acceptors (Lipinski definition) is 4. The number of rotatable bonds is 6. The molecule has 2 bridgehead atoms. The van der Waals surface area contributed by atoms with E-state index < -0.39 is 35.1 Å². The van der Waals surface area contributed by atoms with Crippen LogP contribution in [0.15, 0.2) is 55.1 Å². The molecule has 4 rings (SSSR count). The summed E-state index contributed by atoms with van der Waals surface area (Å²) in [4.78, 5) is 41.3. The van der Waals surface area contributed by atoms with Gasteiger partial charge in [0.05, 0.1) is 17.9 Å². The molecular formula is C24H29N3O4. The van der Waals surface area contributed by atoms with Gasteiger partial charge in [0.1, 0.15) is 11.6 Å². The zero-order chi connectivity index (χ0) is 22.4. The van der Waals surface area contributed by atoms with Crippen molar-refractivity contribution in [2.24, 2.45) is 11.8 Å². The minimum absolute atomic E-state index is 0.208. The summed E-state index contributed by atoms with van der Waals surface area (Å²) in [5, 5.41) is 5.91. The normalized spacial score (nSPS) is 30.9. The Hall–Kier alpha value is -2.93. The van der Waals surface area contributed by atoms with Gasteiger partial charge < -0.3 is 20.3 Å². The largest absolute Gasteiger partial charge is 0.359 e. The lowest BCUT2D eigenvalue weighted by molar-refractivity contribution is -0.141. The van der Waals surface area contributed by atoms with Gasteiger partial charge in [0.2, 0.25) is 17.7 Å². The Bertz CT molecular complexity index is 936. The molecule has 7 nitrogen and oxygen atoms in total. The number of carbonyl (C=O) groups excluding carboxylic acids is 3. The molecule has 0 saturated carbocycles. The van der Waals surface area contributed by atoms with Crippen molar-refractivity contribution in [1.82, 2.24) is 15.5 Å². The van der Waals surface area contributed by atoms with E-state index in [0.29, 0.717) is 6.54 Å². The summed E-state index contributed by atoms with van der Waals surface area (Å²) in [6, 6.07) is 8.74. The molecule has 0 radical (unpaired) electrons.